The summed E-state index contributed by atoms with van der Waals surface area (Å²) in [5.41, 5.74) is 0. The smallest absolute Gasteiger partial charge is 0.306 e. The molecule has 0 rings (SSSR count). The van der Waals surface area contributed by atoms with E-state index in [1.54, 1.807) is 0 Å². The van der Waals surface area contributed by atoms with Crippen molar-refractivity contribution in [2.24, 2.45) is 11.8 Å². The molecule has 2 nitrogen and oxygen atoms in total. The van der Waals surface area contributed by atoms with Gasteiger partial charge in [0, 0.05) is 0 Å². The fourth-order valence-electron chi connectivity index (χ4n) is 1.10. The molecule has 10 heavy (non-hydrogen) atoms. The van der Waals surface area contributed by atoms with E-state index in [9.17, 15) is 4.79 Å². The zero-order valence-corrected chi connectivity index (χ0v) is 6.92. The third-order valence-electron chi connectivity index (χ3n) is 2.09. The van der Waals surface area contributed by atoms with Crippen LogP contribution in [0, 0.1) is 11.8 Å². The molecule has 0 amide bonds. The van der Waals surface area contributed by atoms with E-state index in [0.717, 1.165) is 12.8 Å². The Morgan fingerprint density at radius 1 is 1.40 bits per heavy atom. The molecular weight excluding hydrogens is 128 g/mol. The topological polar surface area (TPSA) is 37.3 Å². The zero-order chi connectivity index (χ0) is 8.15. The van der Waals surface area contributed by atoms with Gasteiger partial charge in [-0.3, -0.25) is 4.79 Å². The van der Waals surface area contributed by atoms with Crippen molar-refractivity contribution in [1.82, 2.24) is 0 Å². The minimum atomic E-state index is -0.656. The third kappa shape index (κ3) is 2.38. The molecule has 0 aromatic heterocycles. The van der Waals surface area contributed by atoms with E-state index in [2.05, 4.69) is 0 Å². The lowest BCUT2D eigenvalue weighted by Crippen LogP contribution is -2.19. The molecule has 0 aliphatic rings. The van der Waals surface area contributed by atoms with Gasteiger partial charge in [0.2, 0.25) is 0 Å². The summed E-state index contributed by atoms with van der Waals surface area (Å²) in [6.07, 6.45) is 1.69. The van der Waals surface area contributed by atoms with Crippen molar-refractivity contribution in [2.45, 2.75) is 33.6 Å². The van der Waals surface area contributed by atoms with Gasteiger partial charge in [-0.05, 0) is 12.3 Å². The molecule has 0 radical (unpaired) electrons. The van der Waals surface area contributed by atoms with Crippen molar-refractivity contribution in [3.63, 3.8) is 0 Å². The molecule has 60 valence electrons. The number of carboxylic acids is 1. The first-order chi connectivity index (χ1) is 4.63. The second-order valence-corrected chi connectivity index (χ2v) is 2.74. The van der Waals surface area contributed by atoms with Gasteiger partial charge < -0.3 is 5.11 Å². The molecule has 0 spiro atoms. The molecule has 0 aliphatic carbocycles. The van der Waals surface area contributed by atoms with Crippen molar-refractivity contribution in [3.05, 3.63) is 0 Å². The fourth-order valence-corrected chi connectivity index (χ4v) is 1.10. The summed E-state index contributed by atoms with van der Waals surface area (Å²) in [4.78, 5) is 10.5. The second-order valence-electron chi connectivity index (χ2n) is 2.74. The van der Waals surface area contributed by atoms with Crippen molar-refractivity contribution in [2.75, 3.05) is 0 Å². The molecule has 2 atom stereocenters. The second kappa shape index (κ2) is 4.31. The van der Waals surface area contributed by atoms with E-state index in [-0.39, 0.29) is 5.92 Å². The van der Waals surface area contributed by atoms with Gasteiger partial charge in [-0.15, -0.1) is 0 Å². The van der Waals surface area contributed by atoms with Crippen LogP contribution < -0.4 is 0 Å². The Morgan fingerprint density at radius 2 is 1.90 bits per heavy atom. The predicted octanol–water partition coefficient (Wildman–Crippen LogP) is 2.14. The molecule has 1 N–H and O–H groups in total. The van der Waals surface area contributed by atoms with Gasteiger partial charge in [0.1, 0.15) is 0 Å². The number of aliphatic carboxylic acids is 1. The molecule has 2 heteroatoms. The van der Waals surface area contributed by atoms with Gasteiger partial charge in [0.05, 0.1) is 5.92 Å². The van der Waals surface area contributed by atoms with E-state index in [1.807, 2.05) is 20.8 Å². The van der Waals surface area contributed by atoms with Crippen molar-refractivity contribution < 1.29 is 9.90 Å². The van der Waals surface area contributed by atoms with E-state index < -0.39 is 5.97 Å². The molecule has 0 saturated carbocycles. The minimum absolute atomic E-state index is 0.148. The number of carbonyl (C=O) groups is 1. The molecule has 0 aromatic rings. The highest BCUT2D eigenvalue weighted by Crippen LogP contribution is 2.18. The third-order valence-corrected chi connectivity index (χ3v) is 2.09. The first-order valence-corrected chi connectivity index (χ1v) is 3.86. The molecule has 0 saturated heterocycles. The SMILES string of the molecule is CCC(C)[C@H](CC)C(=O)O. The molecular formula is C8H16O2. The van der Waals surface area contributed by atoms with Crippen LogP contribution in [0.4, 0.5) is 0 Å². The van der Waals surface area contributed by atoms with Crippen molar-refractivity contribution in [1.29, 1.82) is 0 Å². The summed E-state index contributed by atoms with van der Waals surface area (Å²) in [6, 6.07) is 0. The number of hydrogen-bond donors (Lipinski definition) is 1. The Balaban J connectivity index is 3.92. The zero-order valence-electron chi connectivity index (χ0n) is 6.92. The Labute approximate surface area is 62.2 Å². The van der Waals surface area contributed by atoms with Crippen molar-refractivity contribution >= 4 is 5.97 Å². The van der Waals surface area contributed by atoms with Crippen LogP contribution in [-0.4, -0.2) is 11.1 Å². The first-order valence-electron chi connectivity index (χ1n) is 3.86. The summed E-state index contributed by atoms with van der Waals surface area (Å²) in [5, 5.41) is 8.67. The standard InChI is InChI=1S/C8H16O2/c1-4-6(3)7(5-2)8(9)10/h6-7H,4-5H2,1-3H3,(H,9,10)/t6?,7-/m0/s1. The Bertz CT molecular complexity index is 110. The highest BCUT2D eigenvalue weighted by molar-refractivity contribution is 5.70. The molecule has 0 aliphatic heterocycles. The van der Waals surface area contributed by atoms with Gasteiger partial charge in [0.25, 0.3) is 0 Å². The highest BCUT2D eigenvalue weighted by Gasteiger charge is 2.20. The van der Waals surface area contributed by atoms with Crippen LogP contribution in [0.25, 0.3) is 0 Å². The lowest BCUT2D eigenvalue weighted by atomic mass is 9.90. The Kier molecular flexibility index (Phi) is 4.08. The summed E-state index contributed by atoms with van der Waals surface area (Å²) < 4.78 is 0. The van der Waals surface area contributed by atoms with Crippen LogP contribution in [-0.2, 0) is 4.79 Å². The van der Waals surface area contributed by atoms with Crippen LogP contribution in [0.3, 0.4) is 0 Å². The first kappa shape index (κ1) is 9.47. The average molecular weight is 144 g/mol. The maximum atomic E-state index is 10.5. The minimum Gasteiger partial charge on any atom is -0.481 e. The van der Waals surface area contributed by atoms with Gasteiger partial charge in [-0.1, -0.05) is 27.2 Å². The number of rotatable bonds is 4. The quantitative estimate of drug-likeness (QED) is 0.656. The number of hydrogen-bond acceptors (Lipinski definition) is 1. The van der Waals surface area contributed by atoms with Crippen LogP contribution in [0.2, 0.25) is 0 Å². The molecule has 0 fully saturated rings. The van der Waals surface area contributed by atoms with Crippen LogP contribution >= 0.6 is 0 Å². The van der Waals surface area contributed by atoms with Crippen LogP contribution in [0.1, 0.15) is 33.6 Å². The summed E-state index contributed by atoms with van der Waals surface area (Å²) in [6.45, 7) is 5.93. The Hall–Kier alpha value is -0.530. The highest BCUT2D eigenvalue weighted by atomic mass is 16.4. The molecule has 0 bridgehead atoms. The summed E-state index contributed by atoms with van der Waals surface area (Å²) in [5.74, 6) is -0.496. The van der Waals surface area contributed by atoms with E-state index in [1.165, 1.54) is 0 Å². The van der Waals surface area contributed by atoms with E-state index in [4.69, 9.17) is 5.11 Å². The normalized spacial score (nSPS) is 16.3. The van der Waals surface area contributed by atoms with Gasteiger partial charge in [0.15, 0.2) is 0 Å². The fraction of sp³-hybridized carbons (Fsp3) is 0.875. The largest absolute Gasteiger partial charge is 0.481 e. The Morgan fingerprint density at radius 3 is 2.00 bits per heavy atom. The van der Waals surface area contributed by atoms with Crippen molar-refractivity contribution in [3.8, 4) is 0 Å². The van der Waals surface area contributed by atoms with E-state index >= 15 is 0 Å². The van der Waals surface area contributed by atoms with Gasteiger partial charge in [-0.2, -0.15) is 0 Å². The average Bonchev–Trinajstić information content (AvgIpc) is 1.88. The maximum absolute atomic E-state index is 10.5. The molecule has 0 heterocycles. The lowest BCUT2D eigenvalue weighted by molar-refractivity contribution is -0.143. The summed E-state index contributed by atoms with van der Waals surface area (Å²) in [7, 11) is 0. The maximum Gasteiger partial charge on any atom is 0.306 e. The monoisotopic (exact) mass is 144 g/mol. The molecule has 0 aromatic carbocycles. The van der Waals surface area contributed by atoms with E-state index in [0.29, 0.717) is 5.92 Å². The van der Waals surface area contributed by atoms with Gasteiger partial charge in [-0.25, -0.2) is 0 Å². The lowest BCUT2D eigenvalue weighted by Gasteiger charge is -2.15. The van der Waals surface area contributed by atoms with Crippen LogP contribution in [0.5, 0.6) is 0 Å². The number of carboxylic acid groups (broad SMARTS) is 1. The van der Waals surface area contributed by atoms with Crippen LogP contribution in [0.15, 0.2) is 0 Å². The van der Waals surface area contributed by atoms with Gasteiger partial charge >= 0.3 is 5.97 Å². The predicted molar refractivity (Wildman–Crippen MR) is 40.9 cm³/mol. The summed E-state index contributed by atoms with van der Waals surface area (Å²) >= 11 is 0. The molecule has 1 unspecified atom stereocenters.